The van der Waals surface area contributed by atoms with Crippen LogP contribution < -0.4 is 10.2 Å². The van der Waals surface area contributed by atoms with Gasteiger partial charge in [0.25, 0.3) is 0 Å². The Morgan fingerprint density at radius 3 is 3.12 bits per heavy atom. The Labute approximate surface area is 152 Å². The van der Waals surface area contributed by atoms with Gasteiger partial charge in [0.15, 0.2) is 5.82 Å². The number of ether oxygens (including phenoxy) is 1. The van der Waals surface area contributed by atoms with Crippen LogP contribution in [0.25, 0.3) is 0 Å². The number of benzene rings is 1. The lowest BCUT2D eigenvalue weighted by Gasteiger charge is -2.21. The molecule has 1 saturated heterocycles. The molecule has 1 unspecified atom stereocenters. The van der Waals surface area contributed by atoms with Crippen LogP contribution in [0, 0.1) is 0 Å². The fourth-order valence-electron chi connectivity index (χ4n) is 3.45. The minimum absolute atomic E-state index is 0.0200. The lowest BCUT2D eigenvalue weighted by atomic mass is 10.1. The zero-order valence-electron chi connectivity index (χ0n) is 14.9. The summed E-state index contributed by atoms with van der Waals surface area (Å²) in [6, 6.07) is 8.11. The molecule has 8 nitrogen and oxygen atoms in total. The van der Waals surface area contributed by atoms with Crippen LogP contribution in [-0.4, -0.2) is 52.9 Å². The third-order valence-electron chi connectivity index (χ3n) is 4.93. The van der Waals surface area contributed by atoms with Crippen LogP contribution in [0.1, 0.15) is 36.2 Å². The molecule has 2 N–H and O–H groups in total. The fraction of sp³-hybridized carbons (Fsp3) is 0.500. The highest BCUT2D eigenvalue weighted by molar-refractivity contribution is 5.75. The van der Waals surface area contributed by atoms with Crippen molar-refractivity contribution in [2.75, 3.05) is 31.6 Å². The van der Waals surface area contributed by atoms with Gasteiger partial charge in [0, 0.05) is 39.0 Å². The number of H-pyrrole nitrogens is 1. The van der Waals surface area contributed by atoms with Crippen molar-refractivity contribution < 1.29 is 9.53 Å². The van der Waals surface area contributed by atoms with E-state index in [1.807, 2.05) is 17.0 Å². The van der Waals surface area contributed by atoms with E-state index >= 15 is 0 Å². The van der Waals surface area contributed by atoms with Gasteiger partial charge in [0.2, 0.25) is 0 Å². The van der Waals surface area contributed by atoms with E-state index in [-0.39, 0.29) is 12.1 Å². The number of hydrogen-bond donors (Lipinski definition) is 2. The molecular weight excluding hydrogens is 332 g/mol. The van der Waals surface area contributed by atoms with Gasteiger partial charge in [-0.15, -0.1) is 0 Å². The number of anilines is 1. The summed E-state index contributed by atoms with van der Waals surface area (Å²) < 4.78 is 5.59. The minimum Gasteiger partial charge on any atom is -0.373 e. The van der Waals surface area contributed by atoms with Crippen LogP contribution in [0.4, 0.5) is 10.5 Å². The summed E-state index contributed by atoms with van der Waals surface area (Å²) in [6.07, 6.45) is 1.97. The van der Waals surface area contributed by atoms with E-state index in [9.17, 15) is 4.79 Å². The van der Waals surface area contributed by atoms with Crippen LogP contribution in [0.2, 0.25) is 0 Å². The number of carbonyl (C=O) groups excluding carboxylic acids is 1. The van der Waals surface area contributed by atoms with Crippen molar-refractivity contribution in [2.45, 2.75) is 32.0 Å². The predicted octanol–water partition coefficient (Wildman–Crippen LogP) is 1.82. The molecule has 0 saturated carbocycles. The van der Waals surface area contributed by atoms with Crippen LogP contribution in [-0.2, 0) is 17.8 Å². The Bertz CT molecular complexity index is 771. The molecule has 1 aromatic heterocycles. The van der Waals surface area contributed by atoms with E-state index in [4.69, 9.17) is 4.74 Å². The highest BCUT2D eigenvalue weighted by Crippen LogP contribution is 2.25. The Kier molecular flexibility index (Phi) is 4.75. The van der Waals surface area contributed by atoms with Gasteiger partial charge in [-0.05, 0) is 24.5 Å². The average molecular weight is 356 g/mol. The largest absolute Gasteiger partial charge is 0.373 e. The van der Waals surface area contributed by atoms with Gasteiger partial charge < -0.3 is 19.9 Å². The summed E-state index contributed by atoms with van der Waals surface area (Å²) in [6.45, 7) is 3.16. The van der Waals surface area contributed by atoms with Crippen molar-refractivity contribution in [3.05, 3.63) is 41.5 Å². The first-order valence-electron chi connectivity index (χ1n) is 9.05. The van der Waals surface area contributed by atoms with Gasteiger partial charge in [-0.25, -0.2) is 9.78 Å². The zero-order valence-corrected chi connectivity index (χ0v) is 14.9. The monoisotopic (exact) mass is 356 g/mol. The highest BCUT2D eigenvalue weighted by Gasteiger charge is 2.23. The van der Waals surface area contributed by atoms with Crippen LogP contribution in [0.5, 0.6) is 0 Å². The van der Waals surface area contributed by atoms with E-state index in [1.165, 1.54) is 5.69 Å². The van der Waals surface area contributed by atoms with Crippen molar-refractivity contribution in [1.29, 1.82) is 0 Å². The molecule has 0 aliphatic carbocycles. The second kappa shape index (κ2) is 7.33. The molecule has 0 radical (unpaired) electrons. The summed E-state index contributed by atoms with van der Waals surface area (Å²) in [5.74, 6) is 1.33. The molecule has 2 aliphatic rings. The molecule has 138 valence electrons. The zero-order chi connectivity index (χ0) is 17.9. The highest BCUT2D eigenvalue weighted by atomic mass is 16.5. The number of hydrogen-bond acceptors (Lipinski definition) is 5. The first kappa shape index (κ1) is 16.8. The van der Waals surface area contributed by atoms with E-state index < -0.39 is 0 Å². The molecule has 0 bridgehead atoms. The summed E-state index contributed by atoms with van der Waals surface area (Å²) in [4.78, 5) is 21.1. The van der Waals surface area contributed by atoms with Gasteiger partial charge in [-0.2, -0.15) is 5.10 Å². The van der Waals surface area contributed by atoms with E-state index in [0.29, 0.717) is 31.3 Å². The maximum atomic E-state index is 12.6. The number of fused-ring (bicyclic) bond motifs is 1. The van der Waals surface area contributed by atoms with Gasteiger partial charge >= 0.3 is 6.03 Å². The summed E-state index contributed by atoms with van der Waals surface area (Å²) in [7, 11) is 2.06. The number of likely N-dealkylation sites (N-methyl/N-ethyl adjacent to an activating group) is 1. The van der Waals surface area contributed by atoms with Crippen LogP contribution >= 0.6 is 0 Å². The maximum absolute atomic E-state index is 12.6. The van der Waals surface area contributed by atoms with Crippen LogP contribution in [0.15, 0.2) is 24.3 Å². The fourth-order valence-corrected chi connectivity index (χ4v) is 3.45. The number of carbonyl (C=O) groups is 1. The average Bonchev–Trinajstić information content (AvgIpc) is 3.31. The van der Waals surface area contributed by atoms with E-state index in [1.54, 1.807) is 0 Å². The Hall–Kier alpha value is -2.61. The lowest BCUT2D eigenvalue weighted by Crippen LogP contribution is -2.41. The summed E-state index contributed by atoms with van der Waals surface area (Å²) in [5.41, 5.74) is 2.34. The topological polar surface area (TPSA) is 86.4 Å². The molecule has 1 aromatic carbocycles. The molecular formula is C18H24N6O2. The number of amides is 2. The van der Waals surface area contributed by atoms with Gasteiger partial charge in [0.05, 0.1) is 6.54 Å². The third kappa shape index (κ3) is 3.50. The Morgan fingerprint density at radius 2 is 2.27 bits per heavy atom. The molecule has 2 aromatic rings. The summed E-state index contributed by atoms with van der Waals surface area (Å²) in [5, 5.41) is 10.0. The molecule has 26 heavy (non-hydrogen) atoms. The number of urea groups is 1. The van der Waals surface area contributed by atoms with Crippen molar-refractivity contribution in [1.82, 2.24) is 25.4 Å². The second-order valence-electron chi connectivity index (χ2n) is 6.77. The quantitative estimate of drug-likeness (QED) is 0.876. The number of nitrogens with zero attached hydrogens (tertiary/aromatic N) is 4. The van der Waals surface area contributed by atoms with Gasteiger partial charge in [-0.3, -0.25) is 5.10 Å². The molecule has 1 fully saturated rings. The third-order valence-corrected chi connectivity index (χ3v) is 4.93. The second-order valence-corrected chi connectivity index (χ2v) is 6.77. The normalized spacial score (nSPS) is 20.0. The molecule has 1 atom stereocenters. The minimum atomic E-state index is -0.0924. The standard InChI is InChI=1S/C18H24N6O2/c1-23-8-9-24(12-13-5-2-3-6-14(13)23)18(25)19-11-16-20-17(22-21-16)15-7-4-10-26-15/h2-3,5-6,15H,4,7-12H2,1H3,(H,19,25)(H,20,21,22). The predicted molar refractivity (Wildman–Crippen MR) is 96.7 cm³/mol. The molecule has 2 amide bonds. The van der Waals surface area contributed by atoms with E-state index in [2.05, 4.69) is 44.6 Å². The van der Waals surface area contributed by atoms with E-state index in [0.717, 1.165) is 31.6 Å². The van der Waals surface area contributed by atoms with Crippen LogP contribution in [0.3, 0.4) is 0 Å². The first-order chi connectivity index (χ1) is 12.7. The van der Waals surface area contributed by atoms with Crippen molar-refractivity contribution in [3.8, 4) is 0 Å². The van der Waals surface area contributed by atoms with Gasteiger partial charge in [-0.1, -0.05) is 18.2 Å². The Morgan fingerprint density at radius 1 is 1.38 bits per heavy atom. The maximum Gasteiger partial charge on any atom is 0.318 e. The summed E-state index contributed by atoms with van der Waals surface area (Å²) >= 11 is 0. The van der Waals surface area contributed by atoms with Gasteiger partial charge in [0.1, 0.15) is 11.9 Å². The number of para-hydroxylation sites is 1. The number of aromatic amines is 1. The number of rotatable bonds is 3. The first-order valence-corrected chi connectivity index (χ1v) is 9.05. The molecule has 4 rings (SSSR count). The van der Waals surface area contributed by atoms with Crippen molar-refractivity contribution in [2.24, 2.45) is 0 Å². The smallest absolute Gasteiger partial charge is 0.318 e. The Balaban J connectivity index is 1.36. The van der Waals surface area contributed by atoms with Crippen molar-refractivity contribution in [3.63, 3.8) is 0 Å². The molecule has 0 spiro atoms. The lowest BCUT2D eigenvalue weighted by molar-refractivity contribution is 0.105. The SMILES string of the molecule is CN1CCN(C(=O)NCc2nc(C3CCCO3)n[nH]2)Cc2ccccc21. The molecule has 8 heteroatoms. The van der Waals surface area contributed by atoms with Crippen molar-refractivity contribution >= 4 is 11.7 Å². The molecule has 2 aliphatic heterocycles. The number of aromatic nitrogens is 3. The molecule has 3 heterocycles. The number of nitrogens with one attached hydrogen (secondary N) is 2.